The quantitative estimate of drug-likeness (QED) is 0.773. The maximum Gasteiger partial charge on any atom is 0.242 e. The first-order valence-corrected chi connectivity index (χ1v) is 8.96. The van der Waals surface area contributed by atoms with Crippen molar-refractivity contribution >= 4 is 37.6 Å². The molecule has 5 nitrogen and oxygen atoms in total. The summed E-state index contributed by atoms with van der Waals surface area (Å²) in [5.41, 5.74) is 0.795. The number of nitrogens with one attached hydrogen (secondary N) is 1. The molecule has 1 N–H and O–H groups in total. The van der Waals surface area contributed by atoms with Crippen molar-refractivity contribution in [3.63, 3.8) is 0 Å². The van der Waals surface area contributed by atoms with E-state index < -0.39 is 16.1 Å². The maximum absolute atomic E-state index is 12.4. The SMILES string of the molecule is COc1cccc(C(C)NS(=O)(=O)c2cnc(Cl)c(Br)c2)c1. The van der Waals surface area contributed by atoms with Crippen molar-refractivity contribution in [1.82, 2.24) is 9.71 Å². The van der Waals surface area contributed by atoms with E-state index in [2.05, 4.69) is 25.6 Å². The smallest absolute Gasteiger partial charge is 0.242 e. The number of nitrogens with zero attached hydrogens (tertiary/aromatic N) is 1. The summed E-state index contributed by atoms with van der Waals surface area (Å²) in [5.74, 6) is 0.666. The van der Waals surface area contributed by atoms with Crippen LogP contribution in [-0.2, 0) is 10.0 Å². The lowest BCUT2D eigenvalue weighted by Gasteiger charge is -2.15. The fourth-order valence-electron chi connectivity index (χ4n) is 1.83. The molecule has 0 aliphatic rings. The molecule has 22 heavy (non-hydrogen) atoms. The van der Waals surface area contributed by atoms with Crippen LogP contribution < -0.4 is 9.46 Å². The van der Waals surface area contributed by atoms with Crippen molar-refractivity contribution in [2.24, 2.45) is 0 Å². The third-order valence-electron chi connectivity index (χ3n) is 3.01. The van der Waals surface area contributed by atoms with E-state index in [-0.39, 0.29) is 10.0 Å². The molecule has 0 saturated heterocycles. The van der Waals surface area contributed by atoms with Crippen molar-refractivity contribution in [3.8, 4) is 5.75 Å². The van der Waals surface area contributed by atoms with Gasteiger partial charge in [-0.05, 0) is 46.6 Å². The summed E-state index contributed by atoms with van der Waals surface area (Å²) in [6.07, 6.45) is 1.22. The summed E-state index contributed by atoms with van der Waals surface area (Å²) in [6.45, 7) is 1.75. The van der Waals surface area contributed by atoms with Gasteiger partial charge in [-0.25, -0.2) is 18.1 Å². The second-order valence-corrected chi connectivity index (χ2v) is 7.49. The molecule has 8 heteroatoms. The molecule has 0 aliphatic heterocycles. The molecule has 1 atom stereocenters. The number of pyridine rings is 1. The van der Waals surface area contributed by atoms with Crippen LogP contribution in [0.25, 0.3) is 0 Å². The van der Waals surface area contributed by atoms with Crippen molar-refractivity contribution in [3.05, 3.63) is 51.7 Å². The van der Waals surface area contributed by atoms with E-state index in [1.807, 2.05) is 6.07 Å². The summed E-state index contributed by atoms with van der Waals surface area (Å²) < 4.78 is 32.9. The standard InChI is InChI=1S/C14H14BrClN2O3S/c1-9(10-4-3-5-11(6-10)21-2)18-22(19,20)12-7-13(15)14(16)17-8-12/h3-9,18H,1-2H3. The van der Waals surface area contributed by atoms with Gasteiger partial charge in [-0.2, -0.15) is 0 Å². The molecule has 1 aromatic heterocycles. The number of benzene rings is 1. The molecule has 1 unspecified atom stereocenters. The molecule has 0 fully saturated rings. The number of aromatic nitrogens is 1. The Morgan fingerprint density at radius 1 is 1.36 bits per heavy atom. The van der Waals surface area contributed by atoms with Crippen LogP contribution in [-0.4, -0.2) is 20.5 Å². The molecule has 0 saturated carbocycles. The van der Waals surface area contributed by atoms with Gasteiger partial charge < -0.3 is 4.74 Å². The van der Waals surface area contributed by atoms with Crippen molar-refractivity contribution in [2.75, 3.05) is 7.11 Å². The predicted octanol–water partition coefficient (Wildman–Crippen LogP) is 3.55. The predicted molar refractivity (Wildman–Crippen MR) is 88.7 cm³/mol. The average Bonchev–Trinajstić information content (AvgIpc) is 2.49. The number of rotatable bonds is 5. The Morgan fingerprint density at radius 2 is 2.09 bits per heavy atom. The van der Waals surface area contributed by atoms with E-state index in [4.69, 9.17) is 16.3 Å². The highest BCUT2D eigenvalue weighted by atomic mass is 79.9. The Balaban J connectivity index is 2.25. The highest BCUT2D eigenvalue weighted by Crippen LogP contribution is 2.24. The van der Waals surface area contributed by atoms with Gasteiger partial charge in [0.15, 0.2) is 0 Å². The third kappa shape index (κ3) is 3.98. The van der Waals surface area contributed by atoms with Gasteiger partial charge in [0.05, 0.1) is 11.6 Å². The van der Waals surface area contributed by atoms with E-state index in [0.717, 1.165) is 5.56 Å². The molecule has 2 rings (SSSR count). The zero-order valence-corrected chi connectivity index (χ0v) is 15.0. The third-order valence-corrected chi connectivity index (χ3v) is 5.65. The van der Waals surface area contributed by atoms with Gasteiger partial charge in [0, 0.05) is 12.2 Å². The number of sulfonamides is 1. The summed E-state index contributed by atoms with van der Waals surface area (Å²) >= 11 is 8.94. The van der Waals surface area contributed by atoms with Crippen molar-refractivity contribution in [1.29, 1.82) is 0 Å². The lowest BCUT2D eigenvalue weighted by atomic mass is 10.1. The van der Waals surface area contributed by atoms with Gasteiger partial charge in [-0.3, -0.25) is 0 Å². The van der Waals surface area contributed by atoms with Crippen LogP contribution in [0.4, 0.5) is 0 Å². The first-order chi connectivity index (χ1) is 10.3. The van der Waals surface area contributed by atoms with E-state index in [1.165, 1.54) is 12.3 Å². The van der Waals surface area contributed by atoms with E-state index in [1.54, 1.807) is 32.2 Å². The molecule has 118 valence electrons. The fraction of sp³-hybridized carbons (Fsp3) is 0.214. The largest absolute Gasteiger partial charge is 0.497 e. The van der Waals surface area contributed by atoms with E-state index in [0.29, 0.717) is 10.2 Å². The first kappa shape index (κ1) is 17.2. The zero-order valence-electron chi connectivity index (χ0n) is 11.9. The molecular formula is C14H14BrClN2O3S. The number of ether oxygens (including phenoxy) is 1. The molecule has 0 amide bonds. The van der Waals surface area contributed by atoms with Gasteiger partial charge in [-0.1, -0.05) is 23.7 Å². The Labute approximate surface area is 142 Å². The van der Waals surface area contributed by atoms with Crippen LogP contribution in [0.2, 0.25) is 5.15 Å². The second-order valence-electron chi connectivity index (χ2n) is 4.56. The van der Waals surface area contributed by atoms with Crippen molar-refractivity contribution < 1.29 is 13.2 Å². The highest BCUT2D eigenvalue weighted by molar-refractivity contribution is 9.10. The molecule has 0 aliphatic carbocycles. The Kier molecular flexibility index (Phi) is 5.44. The maximum atomic E-state index is 12.4. The minimum Gasteiger partial charge on any atom is -0.497 e. The van der Waals surface area contributed by atoms with Crippen LogP contribution in [0.5, 0.6) is 5.75 Å². The van der Waals surface area contributed by atoms with Crippen LogP contribution >= 0.6 is 27.5 Å². The molecule has 1 heterocycles. The minimum atomic E-state index is -3.71. The summed E-state index contributed by atoms with van der Waals surface area (Å²) in [4.78, 5) is 3.87. The fourth-order valence-corrected chi connectivity index (χ4v) is 3.64. The molecule has 1 aromatic carbocycles. The molecule has 0 spiro atoms. The van der Waals surface area contributed by atoms with E-state index >= 15 is 0 Å². The highest BCUT2D eigenvalue weighted by Gasteiger charge is 2.20. The van der Waals surface area contributed by atoms with Gasteiger partial charge in [0.1, 0.15) is 15.8 Å². The monoisotopic (exact) mass is 404 g/mol. The Morgan fingerprint density at radius 3 is 2.73 bits per heavy atom. The number of halogens is 2. The summed E-state index contributed by atoms with van der Waals surface area (Å²) in [5, 5.41) is 0.208. The van der Waals surface area contributed by atoms with Gasteiger partial charge in [-0.15, -0.1) is 0 Å². The molecule has 0 bridgehead atoms. The van der Waals surface area contributed by atoms with Gasteiger partial charge in [0.2, 0.25) is 10.0 Å². The van der Waals surface area contributed by atoms with Gasteiger partial charge >= 0.3 is 0 Å². The van der Waals surface area contributed by atoms with E-state index in [9.17, 15) is 8.42 Å². The topological polar surface area (TPSA) is 68.3 Å². The first-order valence-electron chi connectivity index (χ1n) is 6.31. The lowest BCUT2D eigenvalue weighted by Crippen LogP contribution is -2.27. The van der Waals surface area contributed by atoms with Crippen molar-refractivity contribution in [2.45, 2.75) is 17.9 Å². The summed E-state index contributed by atoms with van der Waals surface area (Å²) in [6, 6.07) is 8.20. The van der Waals surface area contributed by atoms with Gasteiger partial charge in [0.25, 0.3) is 0 Å². The minimum absolute atomic E-state index is 0.0403. The molecule has 0 radical (unpaired) electrons. The Hall–Kier alpha value is -1.15. The van der Waals surface area contributed by atoms with Crippen LogP contribution in [0.3, 0.4) is 0 Å². The number of methoxy groups -OCH3 is 1. The molecule has 2 aromatic rings. The van der Waals surface area contributed by atoms with Crippen LogP contribution in [0.1, 0.15) is 18.5 Å². The van der Waals surface area contributed by atoms with Crippen LogP contribution in [0.15, 0.2) is 45.9 Å². The normalized spacial score (nSPS) is 12.9. The van der Waals surface area contributed by atoms with Crippen LogP contribution in [0, 0.1) is 0 Å². The zero-order chi connectivity index (χ0) is 16.3. The average molecular weight is 406 g/mol. The molecular weight excluding hydrogens is 392 g/mol. The summed E-state index contributed by atoms with van der Waals surface area (Å²) in [7, 11) is -2.15. The lowest BCUT2D eigenvalue weighted by molar-refractivity contribution is 0.413. The number of hydrogen-bond donors (Lipinski definition) is 1. The number of hydrogen-bond acceptors (Lipinski definition) is 4. The second kappa shape index (κ2) is 6.95. The Bertz CT molecular complexity index is 783.